The second-order valence-electron chi connectivity index (χ2n) is 7.17. The maximum absolute atomic E-state index is 3.88. The van der Waals surface area contributed by atoms with Gasteiger partial charge in [0.2, 0.25) is 0 Å². The van der Waals surface area contributed by atoms with Crippen molar-refractivity contribution in [3.63, 3.8) is 0 Å². The van der Waals surface area contributed by atoms with Crippen LogP contribution in [0.15, 0.2) is 28.4 Å². The third-order valence-corrected chi connectivity index (χ3v) is 8.09. The van der Waals surface area contributed by atoms with Gasteiger partial charge in [0.15, 0.2) is 0 Å². The van der Waals surface area contributed by atoms with E-state index in [9.17, 15) is 0 Å². The molecule has 0 heterocycles. The molecule has 0 amide bonds. The number of aliphatic imine (C=N–C) groups is 1. The zero-order chi connectivity index (χ0) is 14.6. The van der Waals surface area contributed by atoms with Crippen LogP contribution in [-0.2, 0) is 0 Å². The van der Waals surface area contributed by atoms with E-state index in [0.717, 1.165) is 6.42 Å². The lowest BCUT2D eigenvalue weighted by atomic mass is 9.92. The first-order valence-electron chi connectivity index (χ1n) is 6.86. The molecule has 1 nitrogen and oxygen atoms in total. The number of hydrogen-bond acceptors (Lipinski definition) is 1. The van der Waals surface area contributed by atoms with Crippen LogP contribution >= 0.6 is 0 Å². The van der Waals surface area contributed by atoms with Gasteiger partial charge in [0.05, 0.1) is 8.07 Å². The highest BCUT2D eigenvalue weighted by molar-refractivity contribution is 6.79. The maximum atomic E-state index is 3.88. The van der Waals surface area contributed by atoms with Gasteiger partial charge in [-0.05, 0) is 42.7 Å². The summed E-state index contributed by atoms with van der Waals surface area (Å²) in [4.78, 5) is 3.88. The van der Waals surface area contributed by atoms with Crippen LogP contribution < -0.4 is 0 Å². The molecular formula is C16H31NSi. The molecule has 0 radical (unpaired) electrons. The molecule has 0 unspecified atom stereocenters. The molecule has 0 spiro atoms. The minimum absolute atomic E-state index is 0.257. The van der Waals surface area contributed by atoms with E-state index in [1.54, 1.807) is 0 Å². The third-order valence-electron chi connectivity index (χ3n) is 4.07. The summed E-state index contributed by atoms with van der Waals surface area (Å²) < 4.78 is 0. The standard InChI is InChI=1S/C16H31NSi/c1-13(2)12-14(3)15(10-11-17-6)16(4,5)18(7,8)9/h10-11,13H,6,12H2,1-5,7-9H3/b11-10-,15-14+. The molecule has 104 valence electrons. The van der Waals surface area contributed by atoms with Crippen LogP contribution in [0.2, 0.25) is 24.7 Å². The molecule has 0 aliphatic rings. The van der Waals surface area contributed by atoms with Crippen LogP contribution in [0.4, 0.5) is 0 Å². The Morgan fingerprint density at radius 2 is 1.78 bits per heavy atom. The van der Waals surface area contributed by atoms with E-state index in [1.807, 2.05) is 6.20 Å². The van der Waals surface area contributed by atoms with Gasteiger partial charge in [-0.1, -0.05) is 52.9 Å². The summed E-state index contributed by atoms with van der Waals surface area (Å²) in [6, 6.07) is 0. The molecule has 18 heavy (non-hydrogen) atoms. The lowest BCUT2D eigenvalue weighted by Gasteiger charge is -2.40. The lowest BCUT2D eigenvalue weighted by molar-refractivity contribution is 0.629. The molecule has 0 aromatic rings. The third kappa shape index (κ3) is 4.56. The number of rotatable bonds is 6. The van der Waals surface area contributed by atoms with E-state index >= 15 is 0 Å². The predicted octanol–water partition coefficient (Wildman–Crippen LogP) is 5.68. The van der Waals surface area contributed by atoms with E-state index in [1.165, 1.54) is 11.1 Å². The Morgan fingerprint density at radius 3 is 2.11 bits per heavy atom. The van der Waals surface area contributed by atoms with Gasteiger partial charge in [0.25, 0.3) is 0 Å². The first-order valence-corrected chi connectivity index (χ1v) is 10.4. The van der Waals surface area contributed by atoms with E-state index in [4.69, 9.17) is 0 Å². The molecule has 0 rings (SSSR count). The average molecular weight is 266 g/mol. The number of allylic oxidation sites excluding steroid dienone is 3. The monoisotopic (exact) mass is 265 g/mol. The molecule has 0 aliphatic carbocycles. The molecule has 0 aliphatic heterocycles. The summed E-state index contributed by atoms with van der Waals surface area (Å²) in [5, 5.41) is 0.257. The highest BCUT2D eigenvalue weighted by Crippen LogP contribution is 2.46. The van der Waals surface area contributed by atoms with Crippen molar-refractivity contribution < 1.29 is 0 Å². The highest BCUT2D eigenvalue weighted by Gasteiger charge is 2.37. The quantitative estimate of drug-likeness (QED) is 0.333. The molecule has 0 fully saturated rings. The fourth-order valence-corrected chi connectivity index (χ4v) is 3.24. The van der Waals surface area contributed by atoms with Crippen LogP contribution in [0, 0.1) is 5.92 Å². The van der Waals surface area contributed by atoms with Gasteiger partial charge >= 0.3 is 0 Å². The van der Waals surface area contributed by atoms with Crippen LogP contribution in [0.25, 0.3) is 0 Å². The average Bonchev–Trinajstić information content (AvgIpc) is 2.14. The Morgan fingerprint density at radius 1 is 1.28 bits per heavy atom. The van der Waals surface area contributed by atoms with Crippen molar-refractivity contribution in [1.82, 2.24) is 0 Å². The molecule has 0 N–H and O–H groups in total. The second kappa shape index (κ2) is 6.51. The van der Waals surface area contributed by atoms with Gasteiger partial charge in [-0.15, -0.1) is 0 Å². The van der Waals surface area contributed by atoms with Crippen molar-refractivity contribution >= 4 is 14.8 Å². The summed E-state index contributed by atoms with van der Waals surface area (Å²) in [5.41, 5.74) is 2.96. The zero-order valence-electron chi connectivity index (χ0n) is 13.6. The summed E-state index contributed by atoms with van der Waals surface area (Å²) >= 11 is 0. The zero-order valence-corrected chi connectivity index (χ0v) is 14.6. The maximum Gasteiger partial charge on any atom is 0.0550 e. The molecule has 0 atom stereocenters. The smallest absolute Gasteiger partial charge is 0.0550 e. The Kier molecular flexibility index (Phi) is 6.28. The summed E-state index contributed by atoms with van der Waals surface area (Å²) in [7, 11) is -1.28. The normalized spacial score (nSPS) is 15.2. The van der Waals surface area contributed by atoms with Gasteiger partial charge in [-0.25, -0.2) is 0 Å². The molecule has 0 saturated heterocycles. The Balaban J connectivity index is 5.63. The second-order valence-corrected chi connectivity index (χ2v) is 12.9. The highest BCUT2D eigenvalue weighted by atomic mass is 28.3. The van der Waals surface area contributed by atoms with Crippen LogP contribution in [0.1, 0.15) is 41.0 Å². The largest absolute Gasteiger partial charge is 0.273 e. The van der Waals surface area contributed by atoms with Gasteiger partial charge in [0.1, 0.15) is 0 Å². The molecule has 0 bridgehead atoms. The van der Waals surface area contributed by atoms with Crippen molar-refractivity contribution in [2.24, 2.45) is 10.9 Å². The van der Waals surface area contributed by atoms with Crippen molar-refractivity contribution in [3.8, 4) is 0 Å². The van der Waals surface area contributed by atoms with Gasteiger partial charge in [0, 0.05) is 6.20 Å². The fourth-order valence-electron chi connectivity index (χ4n) is 2.14. The van der Waals surface area contributed by atoms with Crippen LogP contribution in [-0.4, -0.2) is 14.8 Å². The van der Waals surface area contributed by atoms with Crippen molar-refractivity contribution in [1.29, 1.82) is 0 Å². The first kappa shape index (κ1) is 17.4. The van der Waals surface area contributed by atoms with E-state index < -0.39 is 8.07 Å². The SMILES string of the molecule is C=N/C=C\C(=C(\C)CC(C)C)C(C)(C)[Si](C)(C)C. The first-order chi connectivity index (χ1) is 8.04. The predicted molar refractivity (Wildman–Crippen MR) is 88.2 cm³/mol. The van der Waals surface area contributed by atoms with E-state index in [-0.39, 0.29) is 5.04 Å². The Hall–Kier alpha value is -0.633. The van der Waals surface area contributed by atoms with Crippen molar-refractivity contribution in [2.75, 3.05) is 0 Å². The van der Waals surface area contributed by atoms with E-state index in [0.29, 0.717) is 5.92 Å². The summed E-state index contributed by atoms with van der Waals surface area (Å²) in [6.45, 7) is 22.4. The topological polar surface area (TPSA) is 12.4 Å². The molecular weight excluding hydrogens is 234 g/mol. The molecule has 0 aromatic heterocycles. The Bertz CT molecular complexity index is 341. The minimum Gasteiger partial charge on any atom is -0.273 e. The van der Waals surface area contributed by atoms with Crippen molar-refractivity contribution in [2.45, 2.75) is 65.7 Å². The minimum atomic E-state index is -1.28. The summed E-state index contributed by atoms with van der Waals surface area (Å²) in [6.07, 6.45) is 5.16. The lowest BCUT2D eigenvalue weighted by Crippen LogP contribution is -2.36. The van der Waals surface area contributed by atoms with Crippen LogP contribution in [0.5, 0.6) is 0 Å². The number of hydrogen-bond donors (Lipinski definition) is 0. The van der Waals surface area contributed by atoms with Crippen LogP contribution in [0.3, 0.4) is 0 Å². The number of nitrogens with zero attached hydrogens (tertiary/aromatic N) is 1. The Labute approximate surface area is 115 Å². The molecule has 2 heteroatoms. The fraction of sp³-hybridized carbons (Fsp3) is 0.688. The molecule has 0 aromatic carbocycles. The summed E-state index contributed by atoms with van der Waals surface area (Å²) in [5.74, 6) is 0.697. The van der Waals surface area contributed by atoms with E-state index in [2.05, 4.69) is 72.0 Å². The molecule has 0 saturated carbocycles. The van der Waals surface area contributed by atoms with Gasteiger partial charge < -0.3 is 0 Å². The van der Waals surface area contributed by atoms with Gasteiger partial charge in [-0.3, -0.25) is 4.99 Å². The van der Waals surface area contributed by atoms with Crippen molar-refractivity contribution in [3.05, 3.63) is 23.4 Å². The van der Waals surface area contributed by atoms with Gasteiger partial charge in [-0.2, -0.15) is 0 Å².